The first kappa shape index (κ1) is 21.7. The fourth-order valence-electron chi connectivity index (χ4n) is 3.82. The summed E-state index contributed by atoms with van der Waals surface area (Å²) in [5.74, 6) is 0.154. The molecule has 3 heterocycles. The predicted molar refractivity (Wildman–Crippen MR) is 130 cm³/mol. The summed E-state index contributed by atoms with van der Waals surface area (Å²) in [7, 11) is 1.83. The Morgan fingerprint density at radius 1 is 1.21 bits per heavy atom. The summed E-state index contributed by atoms with van der Waals surface area (Å²) >= 11 is 6.51. The Bertz CT molecular complexity index is 1400. The van der Waals surface area contributed by atoms with Gasteiger partial charge < -0.3 is 15.1 Å². The van der Waals surface area contributed by atoms with Gasteiger partial charge in [-0.3, -0.25) is 14.8 Å². The van der Waals surface area contributed by atoms with Crippen LogP contribution in [0.15, 0.2) is 81.6 Å². The van der Waals surface area contributed by atoms with Crippen LogP contribution >= 0.6 is 11.6 Å². The number of halogens is 1. The van der Waals surface area contributed by atoms with Crippen molar-refractivity contribution < 1.29 is 9.21 Å². The number of aromatic nitrogens is 3. The van der Waals surface area contributed by atoms with Gasteiger partial charge in [-0.05, 0) is 25.1 Å². The first-order valence-corrected chi connectivity index (χ1v) is 11.0. The predicted octanol–water partition coefficient (Wildman–Crippen LogP) is 3.92. The molecular formula is C24H22ClN7O2. The number of carbonyl (C=O) groups excluding carboxylic acids is 1. The topological polar surface area (TPSA) is 109 Å². The van der Waals surface area contributed by atoms with Crippen molar-refractivity contribution in [3.05, 3.63) is 88.3 Å². The average Bonchev–Trinajstić information content (AvgIpc) is 3.42. The molecular weight excluding hydrogens is 454 g/mol. The van der Waals surface area contributed by atoms with Gasteiger partial charge in [-0.1, -0.05) is 41.9 Å². The highest BCUT2D eigenvalue weighted by molar-refractivity contribution is 6.31. The zero-order chi connectivity index (χ0) is 23.7. The molecule has 2 aromatic carbocycles. The van der Waals surface area contributed by atoms with Gasteiger partial charge in [-0.2, -0.15) is 10.1 Å². The summed E-state index contributed by atoms with van der Waals surface area (Å²) in [4.78, 5) is 22.5. The molecule has 34 heavy (non-hydrogen) atoms. The lowest BCUT2D eigenvalue weighted by atomic mass is 9.95. The highest BCUT2D eigenvalue weighted by Crippen LogP contribution is 2.35. The van der Waals surface area contributed by atoms with Gasteiger partial charge >= 0.3 is 6.01 Å². The highest BCUT2D eigenvalue weighted by atomic mass is 35.5. The second-order valence-electron chi connectivity index (χ2n) is 7.88. The number of benzene rings is 2. The Morgan fingerprint density at radius 2 is 2.00 bits per heavy atom. The number of fused-ring (bicyclic) bond motifs is 1. The van der Waals surface area contributed by atoms with E-state index in [1.165, 1.54) is 0 Å². The molecule has 0 spiro atoms. The molecule has 172 valence electrons. The van der Waals surface area contributed by atoms with Gasteiger partial charge in [0.15, 0.2) is 5.58 Å². The van der Waals surface area contributed by atoms with Crippen LogP contribution < -0.4 is 16.0 Å². The Hall–Kier alpha value is -4.11. The van der Waals surface area contributed by atoms with E-state index in [2.05, 4.69) is 26.0 Å². The van der Waals surface area contributed by atoms with Gasteiger partial charge in [-0.15, -0.1) is 0 Å². The number of nitrogens with zero attached hydrogens (tertiary/aromatic N) is 4. The smallest absolute Gasteiger partial charge is 0.302 e. The van der Waals surface area contributed by atoms with Crippen molar-refractivity contribution in [3.8, 4) is 0 Å². The summed E-state index contributed by atoms with van der Waals surface area (Å²) in [6, 6.07) is 14.5. The van der Waals surface area contributed by atoms with Crippen molar-refractivity contribution in [2.75, 3.05) is 5.32 Å². The van der Waals surface area contributed by atoms with Gasteiger partial charge in [0.25, 0.3) is 5.91 Å². The number of hydrogen-bond donors (Lipinski definition) is 3. The maximum absolute atomic E-state index is 13.3. The molecule has 1 atom stereocenters. The van der Waals surface area contributed by atoms with Crippen molar-refractivity contribution in [3.63, 3.8) is 0 Å². The van der Waals surface area contributed by atoms with Gasteiger partial charge in [0.2, 0.25) is 5.96 Å². The number of allylic oxidation sites excluding steroid dienone is 1. The Morgan fingerprint density at radius 3 is 2.76 bits per heavy atom. The Labute approximate surface area is 200 Å². The molecule has 0 fully saturated rings. The Kier molecular flexibility index (Phi) is 5.77. The Balaban J connectivity index is 1.44. The molecule has 0 radical (unpaired) electrons. The molecule has 2 aromatic heterocycles. The lowest BCUT2D eigenvalue weighted by Crippen LogP contribution is -2.39. The molecule has 9 nitrogen and oxygen atoms in total. The zero-order valence-electron chi connectivity index (χ0n) is 18.5. The molecule has 3 N–H and O–H groups in total. The minimum Gasteiger partial charge on any atom is -0.423 e. The third kappa shape index (κ3) is 4.38. The van der Waals surface area contributed by atoms with E-state index in [0.29, 0.717) is 46.0 Å². The quantitative estimate of drug-likeness (QED) is 0.403. The second kappa shape index (κ2) is 9.03. The van der Waals surface area contributed by atoms with E-state index in [4.69, 9.17) is 21.0 Å². The lowest BCUT2D eigenvalue weighted by Gasteiger charge is -2.27. The van der Waals surface area contributed by atoms with E-state index in [0.717, 1.165) is 11.1 Å². The first-order chi connectivity index (χ1) is 16.5. The number of aliphatic imine (C=N–C) groups is 1. The zero-order valence-corrected chi connectivity index (χ0v) is 19.3. The van der Waals surface area contributed by atoms with E-state index in [9.17, 15) is 4.79 Å². The summed E-state index contributed by atoms with van der Waals surface area (Å²) in [5, 5.41) is 13.9. The van der Waals surface area contributed by atoms with Crippen LogP contribution in [0.2, 0.25) is 5.02 Å². The number of oxazole rings is 1. The number of nitrogens with one attached hydrogen (secondary N) is 3. The standard InChI is InChI=1S/C24H22ClN7O2/c1-14-20(22(33)26-11-15-12-27-32(2)13-15)21(16-7-3-4-8-17(16)25)30-23(28-14)31-24-29-18-9-5-6-10-19(18)34-24/h3-10,12-13,21H,11H2,1-2H3,(H,26,33)(H2,28,29,30,31). The molecule has 1 aliphatic heterocycles. The van der Waals surface area contributed by atoms with E-state index < -0.39 is 6.04 Å². The maximum Gasteiger partial charge on any atom is 0.302 e. The second-order valence-corrected chi connectivity index (χ2v) is 8.29. The molecule has 0 saturated heterocycles. The van der Waals surface area contributed by atoms with Gasteiger partial charge in [0.05, 0.1) is 11.8 Å². The van der Waals surface area contributed by atoms with Crippen LogP contribution in [0.25, 0.3) is 11.1 Å². The molecule has 0 aliphatic carbocycles. The number of aryl methyl sites for hydroxylation is 1. The van der Waals surface area contributed by atoms with Crippen molar-refractivity contribution in [2.45, 2.75) is 19.5 Å². The largest absolute Gasteiger partial charge is 0.423 e. The number of para-hydroxylation sites is 2. The summed E-state index contributed by atoms with van der Waals surface area (Å²) < 4.78 is 7.45. The summed E-state index contributed by atoms with van der Waals surface area (Å²) in [6.07, 6.45) is 3.57. The molecule has 5 rings (SSSR count). The fraction of sp³-hybridized carbons (Fsp3) is 0.167. The molecule has 10 heteroatoms. The van der Waals surface area contributed by atoms with Gasteiger partial charge in [-0.25, -0.2) is 4.99 Å². The SMILES string of the molecule is CC1=C(C(=O)NCc2cnn(C)c2)C(c2ccccc2Cl)N=C(Nc2nc3ccccc3o2)N1. The molecule has 1 unspecified atom stereocenters. The van der Waals surface area contributed by atoms with Crippen LogP contribution in [0.1, 0.15) is 24.1 Å². The molecule has 0 bridgehead atoms. The maximum atomic E-state index is 13.3. The van der Waals surface area contributed by atoms with Crippen molar-refractivity contribution >= 4 is 40.6 Å². The molecule has 4 aromatic rings. The molecule has 1 aliphatic rings. The van der Waals surface area contributed by atoms with Crippen LogP contribution in [0.3, 0.4) is 0 Å². The van der Waals surface area contributed by atoms with Crippen molar-refractivity contribution in [1.82, 2.24) is 25.4 Å². The van der Waals surface area contributed by atoms with E-state index >= 15 is 0 Å². The van der Waals surface area contributed by atoms with Crippen LogP contribution in [-0.2, 0) is 18.4 Å². The first-order valence-electron chi connectivity index (χ1n) is 10.7. The van der Waals surface area contributed by atoms with Crippen LogP contribution in [0, 0.1) is 0 Å². The van der Waals surface area contributed by atoms with Crippen LogP contribution in [0.4, 0.5) is 6.01 Å². The number of amides is 1. The van der Waals surface area contributed by atoms with Crippen molar-refractivity contribution in [2.24, 2.45) is 12.0 Å². The number of rotatable bonds is 5. The minimum absolute atomic E-state index is 0.247. The number of guanidine groups is 1. The van der Waals surface area contributed by atoms with Gasteiger partial charge in [0.1, 0.15) is 11.6 Å². The van der Waals surface area contributed by atoms with E-state index in [1.807, 2.05) is 62.6 Å². The minimum atomic E-state index is -0.629. The third-order valence-corrected chi connectivity index (χ3v) is 5.76. The summed E-state index contributed by atoms with van der Waals surface area (Å²) in [5.41, 5.74) is 4.11. The number of anilines is 1. The van der Waals surface area contributed by atoms with Gasteiger partial charge in [0, 0.05) is 41.6 Å². The van der Waals surface area contributed by atoms with Crippen LogP contribution in [0.5, 0.6) is 0 Å². The normalized spacial score (nSPS) is 15.7. The van der Waals surface area contributed by atoms with E-state index in [-0.39, 0.29) is 5.91 Å². The molecule has 1 amide bonds. The van der Waals surface area contributed by atoms with E-state index in [1.54, 1.807) is 16.9 Å². The third-order valence-electron chi connectivity index (χ3n) is 5.42. The highest BCUT2D eigenvalue weighted by Gasteiger charge is 2.31. The monoisotopic (exact) mass is 475 g/mol. The summed E-state index contributed by atoms with van der Waals surface area (Å²) in [6.45, 7) is 2.17. The van der Waals surface area contributed by atoms with Crippen LogP contribution in [-0.4, -0.2) is 26.6 Å². The molecule has 0 saturated carbocycles. The average molecular weight is 476 g/mol. The lowest BCUT2D eigenvalue weighted by molar-refractivity contribution is -0.118. The number of hydrogen-bond acceptors (Lipinski definition) is 7. The number of carbonyl (C=O) groups is 1. The fourth-order valence-corrected chi connectivity index (χ4v) is 4.06. The van der Waals surface area contributed by atoms with Crippen molar-refractivity contribution in [1.29, 1.82) is 0 Å².